The minimum absolute atomic E-state index is 0.00197. The van der Waals surface area contributed by atoms with Crippen LogP contribution in [0.25, 0.3) is 0 Å². The van der Waals surface area contributed by atoms with Gasteiger partial charge in [0, 0.05) is 53.3 Å². The van der Waals surface area contributed by atoms with Gasteiger partial charge >= 0.3 is 0 Å². The first-order valence-electron chi connectivity index (χ1n) is 8.19. The normalized spacial score (nSPS) is 26.6. The Kier molecular flexibility index (Phi) is 4.15. The predicted octanol–water partition coefficient (Wildman–Crippen LogP) is 1.92. The highest BCUT2D eigenvalue weighted by Crippen LogP contribution is 2.41. The van der Waals surface area contributed by atoms with E-state index in [4.69, 9.17) is 9.26 Å². The highest BCUT2D eigenvalue weighted by Gasteiger charge is 2.50. The number of likely N-dealkylation sites (tertiary alicyclic amines) is 1. The van der Waals surface area contributed by atoms with E-state index in [1.54, 1.807) is 6.07 Å². The van der Waals surface area contributed by atoms with Crippen LogP contribution in [0.3, 0.4) is 0 Å². The van der Waals surface area contributed by atoms with Crippen molar-refractivity contribution < 1.29 is 14.1 Å². The van der Waals surface area contributed by atoms with Gasteiger partial charge in [0.25, 0.3) is 5.91 Å². The van der Waals surface area contributed by atoms with Crippen LogP contribution in [0, 0.1) is 18.3 Å². The molecule has 0 bridgehead atoms. The average Bonchev–Trinajstić information content (AvgIpc) is 3.29. The van der Waals surface area contributed by atoms with Gasteiger partial charge in [0.15, 0.2) is 0 Å². The molecule has 24 heavy (non-hydrogen) atoms. The standard InChI is InChI=1S/C17H21N3O3S/c1-12-2-3-14(24-12)7-20-6-13-8-22-11-17(13,10-20)9-18-16(21)15-4-5-19-23-15/h2-5,13H,6-11H2,1H3,(H,18,21)/t13-,17+/m1/s1. The molecular formula is C17H21N3O3S. The maximum absolute atomic E-state index is 12.1. The van der Waals surface area contributed by atoms with Gasteiger partial charge in [0.1, 0.15) is 0 Å². The lowest BCUT2D eigenvalue weighted by atomic mass is 9.81. The quantitative estimate of drug-likeness (QED) is 0.895. The molecule has 0 saturated carbocycles. The molecule has 2 aromatic rings. The Hall–Kier alpha value is -1.70. The molecule has 2 atom stereocenters. The zero-order valence-corrected chi connectivity index (χ0v) is 14.5. The van der Waals surface area contributed by atoms with Crippen LogP contribution in [0.2, 0.25) is 0 Å². The number of rotatable bonds is 5. The van der Waals surface area contributed by atoms with Crippen LogP contribution in [0.15, 0.2) is 28.9 Å². The summed E-state index contributed by atoms with van der Waals surface area (Å²) in [5, 5.41) is 6.58. The zero-order chi connectivity index (χ0) is 16.6. The van der Waals surface area contributed by atoms with Gasteiger partial charge in [-0.05, 0) is 19.1 Å². The van der Waals surface area contributed by atoms with E-state index in [0.717, 1.165) is 26.2 Å². The molecule has 0 unspecified atom stereocenters. The number of carbonyl (C=O) groups is 1. The van der Waals surface area contributed by atoms with Gasteiger partial charge in [-0.15, -0.1) is 11.3 Å². The van der Waals surface area contributed by atoms with Gasteiger partial charge in [-0.1, -0.05) is 5.16 Å². The largest absolute Gasteiger partial charge is 0.380 e. The summed E-state index contributed by atoms with van der Waals surface area (Å²) in [4.78, 5) is 17.4. The Bertz CT molecular complexity index is 714. The number of nitrogens with zero attached hydrogens (tertiary/aromatic N) is 2. The van der Waals surface area contributed by atoms with Gasteiger partial charge in [-0.3, -0.25) is 9.69 Å². The summed E-state index contributed by atoms with van der Waals surface area (Å²) in [6, 6.07) is 5.96. The third-order valence-electron chi connectivity index (χ3n) is 5.03. The van der Waals surface area contributed by atoms with Crippen LogP contribution < -0.4 is 5.32 Å². The fourth-order valence-corrected chi connectivity index (χ4v) is 4.71. The van der Waals surface area contributed by atoms with E-state index in [1.165, 1.54) is 16.0 Å². The van der Waals surface area contributed by atoms with Crippen molar-refractivity contribution in [1.82, 2.24) is 15.4 Å². The Labute approximate surface area is 144 Å². The molecule has 128 valence electrons. The summed E-state index contributed by atoms with van der Waals surface area (Å²) in [6.45, 7) is 7.18. The lowest BCUT2D eigenvalue weighted by Gasteiger charge is -2.27. The number of hydrogen-bond acceptors (Lipinski definition) is 6. The maximum atomic E-state index is 12.1. The van der Waals surface area contributed by atoms with Crippen molar-refractivity contribution in [1.29, 1.82) is 0 Å². The minimum Gasteiger partial charge on any atom is -0.380 e. The van der Waals surface area contributed by atoms with Crippen molar-refractivity contribution in [3.05, 3.63) is 39.9 Å². The lowest BCUT2D eigenvalue weighted by Crippen LogP contribution is -2.43. The molecule has 7 heteroatoms. The molecule has 2 aliphatic rings. The molecule has 1 amide bonds. The van der Waals surface area contributed by atoms with Crippen LogP contribution >= 0.6 is 11.3 Å². The third-order valence-corrected chi connectivity index (χ3v) is 6.02. The molecule has 2 aromatic heterocycles. The molecule has 2 aliphatic heterocycles. The first-order chi connectivity index (χ1) is 11.6. The van der Waals surface area contributed by atoms with Crippen molar-refractivity contribution in [2.24, 2.45) is 11.3 Å². The van der Waals surface area contributed by atoms with E-state index in [-0.39, 0.29) is 17.1 Å². The summed E-state index contributed by atoms with van der Waals surface area (Å²) >= 11 is 1.86. The van der Waals surface area contributed by atoms with Gasteiger partial charge in [0.2, 0.25) is 5.76 Å². The smallest absolute Gasteiger partial charge is 0.289 e. The van der Waals surface area contributed by atoms with Gasteiger partial charge < -0.3 is 14.6 Å². The number of hydrogen-bond donors (Lipinski definition) is 1. The second-order valence-corrected chi connectivity index (χ2v) is 8.19. The Morgan fingerprint density at radius 3 is 3.17 bits per heavy atom. The molecule has 4 rings (SSSR count). The Morgan fingerprint density at radius 2 is 2.42 bits per heavy atom. The van der Waals surface area contributed by atoms with E-state index in [0.29, 0.717) is 19.1 Å². The molecule has 0 spiro atoms. The second-order valence-electron chi connectivity index (χ2n) is 6.82. The average molecular weight is 347 g/mol. The monoisotopic (exact) mass is 347 g/mol. The first-order valence-corrected chi connectivity index (χ1v) is 9.01. The molecule has 0 radical (unpaired) electrons. The van der Waals surface area contributed by atoms with E-state index in [9.17, 15) is 4.79 Å². The maximum Gasteiger partial charge on any atom is 0.289 e. The van der Waals surface area contributed by atoms with Crippen LogP contribution in [-0.2, 0) is 11.3 Å². The number of carbonyl (C=O) groups excluding carboxylic acids is 1. The van der Waals surface area contributed by atoms with E-state index < -0.39 is 0 Å². The number of aromatic nitrogens is 1. The SMILES string of the molecule is Cc1ccc(CN2C[C@@H]3COC[C@]3(CNC(=O)c3ccno3)C2)s1. The van der Waals surface area contributed by atoms with E-state index in [2.05, 4.69) is 34.4 Å². The van der Waals surface area contributed by atoms with E-state index in [1.807, 2.05) is 11.3 Å². The van der Waals surface area contributed by atoms with Crippen molar-refractivity contribution in [3.8, 4) is 0 Å². The number of aryl methyl sites for hydroxylation is 1. The highest BCUT2D eigenvalue weighted by molar-refractivity contribution is 7.11. The predicted molar refractivity (Wildman–Crippen MR) is 89.9 cm³/mol. The fraction of sp³-hybridized carbons (Fsp3) is 0.529. The van der Waals surface area contributed by atoms with Crippen molar-refractivity contribution in [2.45, 2.75) is 13.5 Å². The Morgan fingerprint density at radius 1 is 1.50 bits per heavy atom. The number of fused-ring (bicyclic) bond motifs is 1. The Balaban J connectivity index is 1.40. The molecule has 4 heterocycles. The number of thiophene rings is 1. The molecule has 2 saturated heterocycles. The first kappa shape index (κ1) is 15.8. The minimum atomic E-state index is -0.208. The van der Waals surface area contributed by atoms with Gasteiger partial charge in [-0.25, -0.2) is 0 Å². The van der Waals surface area contributed by atoms with Crippen LogP contribution in [0.1, 0.15) is 20.3 Å². The molecule has 0 aromatic carbocycles. The molecule has 6 nitrogen and oxygen atoms in total. The summed E-state index contributed by atoms with van der Waals surface area (Å²) in [5.74, 6) is 0.513. The van der Waals surface area contributed by atoms with Crippen LogP contribution in [0.5, 0.6) is 0 Å². The zero-order valence-electron chi connectivity index (χ0n) is 13.7. The van der Waals surface area contributed by atoms with Crippen molar-refractivity contribution in [2.75, 3.05) is 32.8 Å². The lowest BCUT2D eigenvalue weighted by molar-refractivity contribution is 0.0869. The number of ether oxygens (including phenoxy) is 1. The third kappa shape index (κ3) is 2.99. The topological polar surface area (TPSA) is 67.6 Å². The fourth-order valence-electron chi connectivity index (χ4n) is 3.78. The number of nitrogens with one attached hydrogen (secondary N) is 1. The molecule has 2 fully saturated rings. The van der Waals surface area contributed by atoms with Gasteiger partial charge in [0.05, 0.1) is 19.4 Å². The summed E-state index contributed by atoms with van der Waals surface area (Å²) in [7, 11) is 0. The summed E-state index contributed by atoms with van der Waals surface area (Å²) in [6.07, 6.45) is 1.48. The second kappa shape index (κ2) is 6.31. The van der Waals surface area contributed by atoms with Crippen LogP contribution in [0.4, 0.5) is 0 Å². The van der Waals surface area contributed by atoms with E-state index >= 15 is 0 Å². The molecule has 1 N–H and O–H groups in total. The van der Waals surface area contributed by atoms with Crippen LogP contribution in [-0.4, -0.2) is 48.8 Å². The van der Waals surface area contributed by atoms with Crippen molar-refractivity contribution in [3.63, 3.8) is 0 Å². The molecular weight excluding hydrogens is 326 g/mol. The van der Waals surface area contributed by atoms with Crippen molar-refractivity contribution >= 4 is 17.2 Å². The molecule has 0 aliphatic carbocycles. The van der Waals surface area contributed by atoms with Gasteiger partial charge in [-0.2, -0.15) is 0 Å². The highest BCUT2D eigenvalue weighted by atomic mass is 32.1. The number of amides is 1. The summed E-state index contributed by atoms with van der Waals surface area (Å²) in [5.41, 5.74) is 0.00197. The summed E-state index contributed by atoms with van der Waals surface area (Å²) < 4.78 is 10.6.